The Bertz CT molecular complexity index is 1050. The standard InChI is InChI=1S/C21H18Br2N2O4S/c1-4-29-20(27)12-5-7-15(8-6-12)24-21-25(2)19(26)17(30-21)10-13-9-14(22)11-16(23)18(13)28-3/h5-11H,4H2,1-3H3/b17-10+,24-21?. The van der Waals surface area contributed by atoms with Gasteiger partial charge >= 0.3 is 5.97 Å². The van der Waals surface area contributed by atoms with Crippen LogP contribution in [0.5, 0.6) is 5.75 Å². The van der Waals surface area contributed by atoms with E-state index in [1.807, 2.05) is 12.1 Å². The molecule has 156 valence electrons. The molecule has 6 nitrogen and oxygen atoms in total. The summed E-state index contributed by atoms with van der Waals surface area (Å²) in [6.07, 6.45) is 1.78. The zero-order chi connectivity index (χ0) is 21.8. The van der Waals surface area contributed by atoms with Crippen molar-refractivity contribution in [1.29, 1.82) is 0 Å². The third-order valence-electron chi connectivity index (χ3n) is 4.13. The number of amides is 1. The van der Waals surface area contributed by atoms with Crippen molar-refractivity contribution in [3.8, 4) is 5.75 Å². The lowest BCUT2D eigenvalue weighted by Gasteiger charge is -2.09. The van der Waals surface area contributed by atoms with Gasteiger partial charge < -0.3 is 9.47 Å². The van der Waals surface area contributed by atoms with E-state index >= 15 is 0 Å². The summed E-state index contributed by atoms with van der Waals surface area (Å²) >= 11 is 8.21. The van der Waals surface area contributed by atoms with E-state index in [9.17, 15) is 9.59 Å². The fourth-order valence-corrected chi connectivity index (χ4v) is 5.09. The summed E-state index contributed by atoms with van der Waals surface area (Å²) in [4.78, 5) is 31.1. The molecule has 1 heterocycles. The van der Waals surface area contributed by atoms with Crippen molar-refractivity contribution in [1.82, 2.24) is 4.90 Å². The molecule has 1 fully saturated rings. The van der Waals surface area contributed by atoms with Gasteiger partial charge in [-0.25, -0.2) is 9.79 Å². The number of rotatable bonds is 5. The number of ether oxygens (including phenoxy) is 2. The van der Waals surface area contributed by atoms with E-state index in [0.717, 1.165) is 14.5 Å². The molecular formula is C21H18Br2N2O4S. The quantitative estimate of drug-likeness (QED) is 0.354. The third kappa shape index (κ3) is 4.96. The SMILES string of the molecule is CCOC(=O)c1ccc(N=C2S/C(=C/c3cc(Br)cc(Br)c3OC)C(=O)N2C)cc1. The highest BCUT2D eigenvalue weighted by Crippen LogP contribution is 2.38. The Kier molecular flexibility index (Phi) is 7.38. The van der Waals surface area contributed by atoms with Crippen LogP contribution in [0, 0.1) is 0 Å². The minimum Gasteiger partial charge on any atom is -0.495 e. The topological polar surface area (TPSA) is 68.2 Å². The lowest BCUT2D eigenvalue weighted by Crippen LogP contribution is -2.23. The van der Waals surface area contributed by atoms with Crippen molar-refractivity contribution in [3.05, 3.63) is 61.4 Å². The fourth-order valence-electron chi connectivity index (χ4n) is 2.69. The van der Waals surface area contributed by atoms with Gasteiger partial charge in [0.25, 0.3) is 5.91 Å². The number of nitrogens with zero attached hydrogens (tertiary/aromatic N) is 2. The molecule has 3 rings (SSSR count). The number of hydrogen-bond donors (Lipinski definition) is 0. The number of carbonyl (C=O) groups excluding carboxylic acids is 2. The molecule has 0 bridgehead atoms. The first-order chi connectivity index (χ1) is 14.3. The van der Waals surface area contributed by atoms with Crippen LogP contribution in [-0.4, -0.2) is 42.7 Å². The van der Waals surface area contributed by atoms with Crippen LogP contribution in [0.2, 0.25) is 0 Å². The van der Waals surface area contributed by atoms with E-state index in [2.05, 4.69) is 36.9 Å². The Hall–Kier alpha value is -2.10. The van der Waals surface area contributed by atoms with Crippen LogP contribution in [0.1, 0.15) is 22.8 Å². The van der Waals surface area contributed by atoms with E-state index in [0.29, 0.717) is 33.7 Å². The Morgan fingerprint density at radius 2 is 1.93 bits per heavy atom. The first-order valence-corrected chi connectivity index (χ1v) is 11.3. The van der Waals surface area contributed by atoms with E-state index in [-0.39, 0.29) is 11.9 Å². The number of halogens is 2. The summed E-state index contributed by atoms with van der Waals surface area (Å²) in [6.45, 7) is 2.08. The van der Waals surface area contributed by atoms with Gasteiger partial charge in [-0.3, -0.25) is 9.69 Å². The fraction of sp³-hybridized carbons (Fsp3) is 0.190. The van der Waals surface area contributed by atoms with Gasteiger partial charge in [-0.05, 0) is 77.1 Å². The molecule has 1 amide bonds. The van der Waals surface area contributed by atoms with Gasteiger partial charge in [-0.1, -0.05) is 15.9 Å². The normalized spacial score (nSPS) is 16.4. The van der Waals surface area contributed by atoms with Crippen molar-refractivity contribution < 1.29 is 19.1 Å². The minimum absolute atomic E-state index is 0.153. The predicted octanol–water partition coefficient (Wildman–Crippen LogP) is 5.63. The van der Waals surface area contributed by atoms with Crippen LogP contribution < -0.4 is 4.74 Å². The van der Waals surface area contributed by atoms with Crippen molar-refractivity contribution >= 4 is 72.4 Å². The second-order valence-corrected chi connectivity index (χ2v) is 8.93. The average Bonchev–Trinajstić information content (AvgIpc) is 2.96. The second-order valence-electron chi connectivity index (χ2n) is 6.15. The molecule has 2 aromatic carbocycles. The van der Waals surface area contributed by atoms with Gasteiger partial charge in [0.15, 0.2) is 5.17 Å². The van der Waals surface area contributed by atoms with Gasteiger partial charge in [0.1, 0.15) is 5.75 Å². The lowest BCUT2D eigenvalue weighted by molar-refractivity contribution is -0.121. The molecule has 9 heteroatoms. The highest BCUT2D eigenvalue weighted by molar-refractivity contribution is 9.11. The smallest absolute Gasteiger partial charge is 0.338 e. The molecule has 0 aromatic heterocycles. The van der Waals surface area contributed by atoms with Crippen LogP contribution in [0.25, 0.3) is 6.08 Å². The number of aliphatic imine (C=N–C) groups is 1. The summed E-state index contributed by atoms with van der Waals surface area (Å²) in [5, 5.41) is 0.545. The van der Waals surface area contributed by atoms with Crippen LogP contribution >= 0.6 is 43.6 Å². The molecule has 0 spiro atoms. The van der Waals surface area contributed by atoms with Crippen molar-refractivity contribution in [2.24, 2.45) is 4.99 Å². The predicted molar refractivity (Wildman–Crippen MR) is 126 cm³/mol. The molecule has 0 N–H and O–H groups in total. The summed E-state index contributed by atoms with van der Waals surface area (Å²) in [5.74, 6) is 0.111. The lowest BCUT2D eigenvalue weighted by atomic mass is 10.2. The Labute approximate surface area is 195 Å². The summed E-state index contributed by atoms with van der Waals surface area (Å²) < 4.78 is 12.1. The molecule has 2 aromatic rings. The molecule has 1 aliphatic heterocycles. The monoisotopic (exact) mass is 552 g/mol. The maximum Gasteiger partial charge on any atom is 0.338 e. The number of methoxy groups -OCH3 is 1. The summed E-state index contributed by atoms with van der Waals surface area (Å²) in [7, 11) is 3.26. The van der Waals surface area contributed by atoms with Crippen molar-refractivity contribution in [2.45, 2.75) is 6.92 Å². The molecule has 30 heavy (non-hydrogen) atoms. The van der Waals surface area contributed by atoms with Crippen LogP contribution in [0.15, 0.2) is 55.2 Å². The minimum atomic E-state index is -0.376. The van der Waals surface area contributed by atoms with Crippen molar-refractivity contribution in [3.63, 3.8) is 0 Å². The van der Waals surface area contributed by atoms with Gasteiger partial charge in [-0.2, -0.15) is 0 Å². The molecular weight excluding hydrogens is 536 g/mol. The van der Waals surface area contributed by atoms with Gasteiger partial charge in [0.05, 0.1) is 34.3 Å². The number of thioether (sulfide) groups is 1. The van der Waals surface area contributed by atoms with Crippen LogP contribution in [0.4, 0.5) is 5.69 Å². The average molecular weight is 554 g/mol. The number of benzene rings is 2. The van der Waals surface area contributed by atoms with Crippen LogP contribution in [0.3, 0.4) is 0 Å². The molecule has 1 aliphatic rings. The van der Waals surface area contributed by atoms with Gasteiger partial charge in [-0.15, -0.1) is 0 Å². The first kappa shape index (κ1) is 22.6. The van der Waals surface area contributed by atoms with E-state index < -0.39 is 0 Å². The molecule has 0 unspecified atom stereocenters. The highest BCUT2D eigenvalue weighted by atomic mass is 79.9. The van der Waals surface area contributed by atoms with Crippen LogP contribution in [-0.2, 0) is 9.53 Å². The zero-order valence-electron chi connectivity index (χ0n) is 16.4. The maximum atomic E-state index is 12.7. The third-order valence-corrected chi connectivity index (χ3v) is 6.24. The first-order valence-electron chi connectivity index (χ1n) is 8.90. The number of esters is 1. The van der Waals surface area contributed by atoms with E-state index in [1.54, 1.807) is 51.4 Å². The summed E-state index contributed by atoms with van der Waals surface area (Å²) in [5.41, 5.74) is 1.86. The number of carbonyl (C=O) groups is 2. The number of amidine groups is 1. The zero-order valence-corrected chi connectivity index (χ0v) is 20.4. The molecule has 0 radical (unpaired) electrons. The second kappa shape index (κ2) is 9.80. The van der Waals surface area contributed by atoms with Crippen molar-refractivity contribution in [2.75, 3.05) is 20.8 Å². The Balaban J connectivity index is 1.88. The van der Waals surface area contributed by atoms with Gasteiger partial charge in [0, 0.05) is 17.1 Å². The Morgan fingerprint density at radius 1 is 1.23 bits per heavy atom. The van der Waals surface area contributed by atoms with E-state index in [1.165, 1.54) is 16.7 Å². The summed E-state index contributed by atoms with van der Waals surface area (Å²) in [6, 6.07) is 10.5. The number of hydrogen-bond acceptors (Lipinski definition) is 6. The molecule has 0 saturated carbocycles. The highest BCUT2D eigenvalue weighted by Gasteiger charge is 2.30. The largest absolute Gasteiger partial charge is 0.495 e. The molecule has 1 saturated heterocycles. The Morgan fingerprint density at radius 3 is 2.57 bits per heavy atom. The van der Waals surface area contributed by atoms with Gasteiger partial charge in [0.2, 0.25) is 0 Å². The van der Waals surface area contributed by atoms with E-state index in [4.69, 9.17) is 9.47 Å². The molecule has 0 atom stereocenters. The molecule has 0 aliphatic carbocycles. The number of likely N-dealkylation sites (N-methyl/N-ethyl adjacent to an activating group) is 1. The maximum absolute atomic E-state index is 12.7.